The van der Waals surface area contributed by atoms with Crippen LogP contribution in [0.1, 0.15) is 30.9 Å². The second kappa shape index (κ2) is 5.32. The normalized spacial score (nSPS) is 16.6. The van der Waals surface area contributed by atoms with Crippen LogP contribution in [0.5, 0.6) is 0 Å². The van der Waals surface area contributed by atoms with Crippen LogP contribution in [0.25, 0.3) is 0 Å². The lowest BCUT2D eigenvalue weighted by molar-refractivity contribution is -0.130. The summed E-state index contributed by atoms with van der Waals surface area (Å²) in [5.41, 5.74) is 7.06. The third-order valence-electron chi connectivity index (χ3n) is 3.28. The van der Waals surface area contributed by atoms with Crippen molar-refractivity contribution < 1.29 is 4.79 Å². The van der Waals surface area contributed by atoms with Crippen LogP contribution < -0.4 is 5.73 Å². The van der Waals surface area contributed by atoms with Crippen LogP contribution in [0.2, 0.25) is 0 Å². The Morgan fingerprint density at radius 2 is 2.06 bits per heavy atom. The molecule has 1 unspecified atom stereocenters. The fourth-order valence-electron chi connectivity index (χ4n) is 1.95. The molecule has 1 aromatic carbocycles. The van der Waals surface area contributed by atoms with Crippen LogP contribution >= 0.6 is 0 Å². The summed E-state index contributed by atoms with van der Waals surface area (Å²) in [6.45, 7) is 0.889. The van der Waals surface area contributed by atoms with E-state index in [0.29, 0.717) is 6.42 Å². The summed E-state index contributed by atoms with van der Waals surface area (Å²) >= 11 is 0. The zero-order chi connectivity index (χ0) is 12.3. The first-order valence-corrected chi connectivity index (χ1v) is 6.21. The molecule has 1 aliphatic rings. The Bertz CT molecular complexity index is 373. The second-order valence-electron chi connectivity index (χ2n) is 4.94. The third kappa shape index (κ3) is 3.56. The van der Waals surface area contributed by atoms with Gasteiger partial charge in [-0.3, -0.25) is 4.79 Å². The van der Waals surface area contributed by atoms with Gasteiger partial charge in [-0.15, -0.1) is 0 Å². The van der Waals surface area contributed by atoms with Crippen molar-refractivity contribution in [3.63, 3.8) is 0 Å². The van der Waals surface area contributed by atoms with Gasteiger partial charge in [-0.1, -0.05) is 30.3 Å². The number of carbonyl (C=O) groups excluding carboxylic acids is 1. The summed E-state index contributed by atoms with van der Waals surface area (Å²) in [4.78, 5) is 13.8. The van der Waals surface area contributed by atoms with Crippen molar-refractivity contribution in [3.05, 3.63) is 35.9 Å². The molecule has 1 amide bonds. The molecule has 0 spiro atoms. The Hall–Kier alpha value is -1.35. The summed E-state index contributed by atoms with van der Waals surface area (Å²) in [7, 11) is 1.87. The van der Waals surface area contributed by atoms with E-state index in [0.717, 1.165) is 18.0 Å². The van der Waals surface area contributed by atoms with Crippen molar-refractivity contribution in [1.29, 1.82) is 0 Å². The number of benzene rings is 1. The third-order valence-corrected chi connectivity index (χ3v) is 3.28. The molecule has 3 nitrogen and oxygen atoms in total. The molecule has 1 fully saturated rings. The maximum atomic E-state index is 11.9. The molecular weight excluding hydrogens is 212 g/mol. The van der Waals surface area contributed by atoms with Crippen LogP contribution in [-0.4, -0.2) is 24.4 Å². The largest absolute Gasteiger partial charge is 0.345 e. The van der Waals surface area contributed by atoms with E-state index in [-0.39, 0.29) is 11.9 Å². The van der Waals surface area contributed by atoms with Crippen LogP contribution in [0, 0.1) is 5.92 Å². The second-order valence-corrected chi connectivity index (χ2v) is 4.94. The van der Waals surface area contributed by atoms with Gasteiger partial charge in [0.15, 0.2) is 0 Å². The predicted molar refractivity (Wildman–Crippen MR) is 68.3 cm³/mol. The lowest BCUT2D eigenvalue weighted by Gasteiger charge is -2.19. The number of rotatable bonds is 5. The number of nitrogens with two attached hydrogens (primary N) is 1. The molecule has 2 N–H and O–H groups in total. The zero-order valence-electron chi connectivity index (χ0n) is 10.3. The molecule has 0 bridgehead atoms. The zero-order valence-corrected chi connectivity index (χ0v) is 10.3. The van der Waals surface area contributed by atoms with Crippen LogP contribution in [0.3, 0.4) is 0 Å². The molecule has 3 heteroatoms. The number of hydrogen-bond donors (Lipinski definition) is 1. The Morgan fingerprint density at radius 3 is 2.65 bits per heavy atom. The van der Waals surface area contributed by atoms with Gasteiger partial charge in [0, 0.05) is 26.1 Å². The van der Waals surface area contributed by atoms with E-state index in [1.807, 2.05) is 42.3 Å². The lowest BCUT2D eigenvalue weighted by atomic mass is 10.0. The minimum atomic E-state index is -0.189. The minimum Gasteiger partial charge on any atom is -0.345 e. The minimum absolute atomic E-state index is 0.147. The summed E-state index contributed by atoms with van der Waals surface area (Å²) in [6.07, 6.45) is 2.93. The molecule has 0 aliphatic heterocycles. The molecule has 17 heavy (non-hydrogen) atoms. The number of carbonyl (C=O) groups is 1. The predicted octanol–water partition coefficient (Wildman–Crippen LogP) is 1.94. The molecule has 1 atom stereocenters. The fourth-order valence-corrected chi connectivity index (χ4v) is 1.95. The molecule has 2 rings (SSSR count). The van der Waals surface area contributed by atoms with Gasteiger partial charge in [0.1, 0.15) is 0 Å². The standard InChI is InChI=1S/C14H20N2O/c1-16(10-11-7-8-11)14(17)9-13(15)12-5-3-2-4-6-12/h2-6,11,13H,7-10,15H2,1H3. The van der Waals surface area contributed by atoms with Crippen molar-refractivity contribution in [2.24, 2.45) is 11.7 Å². The van der Waals surface area contributed by atoms with Gasteiger partial charge in [0.05, 0.1) is 0 Å². The van der Waals surface area contributed by atoms with Crippen LogP contribution in [0.15, 0.2) is 30.3 Å². The van der Waals surface area contributed by atoms with Gasteiger partial charge in [-0.05, 0) is 24.3 Å². The quantitative estimate of drug-likeness (QED) is 0.843. The number of amides is 1. The van der Waals surface area contributed by atoms with E-state index in [1.54, 1.807) is 0 Å². The summed E-state index contributed by atoms with van der Waals surface area (Å²) in [6, 6.07) is 9.61. The van der Waals surface area contributed by atoms with Crippen molar-refractivity contribution in [3.8, 4) is 0 Å². The average Bonchev–Trinajstić information content (AvgIpc) is 3.14. The molecule has 0 heterocycles. The topological polar surface area (TPSA) is 46.3 Å². The van der Waals surface area contributed by atoms with Gasteiger partial charge in [-0.25, -0.2) is 0 Å². The molecule has 0 saturated heterocycles. The first kappa shape index (κ1) is 12.1. The average molecular weight is 232 g/mol. The summed E-state index contributed by atoms with van der Waals surface area (Å²) in [5.74, 6) is 0.880. The lowest BCUT2D eigenvalue weighted by Crippen LogP contribution is -2.31. The van der Waals surface area contributed by atoms with Gasteiger partial charge >= 0.3 is 0 Å². The number of hydrogen-bond acceptors (Lipinski definition) is 2. The van der Waals surface area contributed by atoms with Crippen molar-refractivity contribution in [2.45, 2.75) is 25.3 Å². The Kier molecular flexibility index (Phi) is 3.79. The Morgan fingerprint density at radius 1 is 1.41 bits per heavy atom. The van der Waals surface area contributed by atoms with E-state index in [4.69, 9.17) is 5.73 Å². The SMILES string of the molecule is CN(CC1CC1)C(=O)CC(N)c1ccccc1. The van der Waals surface area contributed by atoms with E-state index in [2.05, 4.69) is 0 Å². The molecule has 92 valence electrons. The van der Waals surface area contributed by atoms with Crippen LogP contribution in [-0.2, 0) is 4.79 Å². The van der Waals surface area contributed by atoms with E-state index < -0.39 is 0 Å². The van der Waals surface area contributed by atoms with E-state index in [9.17, 15) is 4.79 Å². The smallest absolute Gasteiger partial charge is 0.224 e. The van der Waals surface area contributed by atoms with Gasteiger partial charge in [0.25, 0.3) is 0 Å². The van der Waals surface area contributed by atoms with Gasteiger partial charge < -0.3 is 10.6 Å². The highest BCUT2D eigenvalue weighted by atomic mass is 16.2. The summed E-state index contributed by atoms with van der Waals surface area (Å²) < 4.78 is 0. The first-order chi connectivity index (χ1) is 8.16. The van der Waals surface area contributed by atoms with E-state index in [1.165, 1.54) is 12.8 Å². The van der Waals surface area contributed by atoms with Gasteiger partial charge in [0.2, 0.25) is 5.91 Å². The van der Waals surface area contributed by atoms with Crippen LogP contribution in [0.4, 0.5) is 0 Å². The first-order valence-electron chi connectivity index (χ1n) is 6.21. The monoisotopic (exact) mass is 232 g/mol. The summed E-state index contributed by atoms with van der Waals surface area (Å²) in [5, 5.41) is 0. The molecule has 0 aromatic heterocycles. The highest BCUT2D eigenvalue weighted by molar-refractivity contribution is 5.76. The highest BCUT2D eigenvalue weighted by Gasteiger charge is 2.25. The molecule has 1 saturated carbocycles. The maximum absolute atomic E-state index is 11.9. The van der Waals surface area contributed by atoms with Gasteiger partial charge in [-0.2, -0.15) is 0 Å². The highest BCUT2D eigenvalue weighted by Crippen LogP contribution is 2.29. The van der Waals surface area contributed by atoms with Crippen molar-refractivity contribution in [1.82, 2.24) is 4.90 Å². The molecule has 0 radical (unpaired) electrons. The fraction of sp³-hybridized carbons (Fsp3) is 0.500. The van der Waals surface area contributed by atoms with E-state index >= 15 is 0 Å². The maximum Gasteiger partial charge on any atom is 0.224 e. The Balaban J connectivity index is 1.85. The Labute approximate surface area is 103 Å². The molecule has 1 aromatic rings. The molecule has 1 aliphatic carbocycles. The van der Waals surface area contributed by atoms with Crippen molar-refractivity contribution >= 4 is 5.91 Å². The number of nitrogens with zero attached hydrogens (tertiary/aromatic N) is 1. The van der Waals surface area contributed by atoms with Crippen molar-refractivity contribution in [2.75, 3.05) is 13.6 Å². The molecular formula is C14H20N2O.